The topological polar surface area (TPSA) is 53.4 Å². The molecule has 1 aliphatic heterocycles. The number of rotatable bonds is 6. The zero-order valence-corrected chi connectivity index (χ0v) is 15.6. The summed E-state index contributed by atoms with van der Waals surface area (Å²) in [5.74, 6) is 0.130. The zero-order valence-electron chi connectivity index (χ0n) is 13.2. The summed E-state index contributed by atoms with van der Waals surface area (Å²) in [6.07, 6.45) is 1.79. The maximum absolute atomic E-state index is 12.4. The molecule has 3 rings (SSSR count). The second-order valence-corrected chi connectivity index (χ2v) is 7.94. The van der Waals surface area contributed by atoms with Crippen molar-refractivity contribution in [3.63, 3.8) is 0 Å². The molecule has 0 unspecified atom stereocenters. The van der Waals surface area contributed by atoms with E-state index in [0.717, 1.165) is 40.1 Å². The molecule has 1 saturated heterocycles. The number of carbonyl (C=O) groups is 1. The maximum Gasteiger partial charge on any atom is 0.264 e. The number of thiophene rings is 1. The summed E-state index contributed by atoms with van der Waals surface area (Å²) < 4.78 is 2.58. The van der Waals surface area contributed by atoms with E-state index in [9.17, 15) is 4.79 Å². The predicted octanol–water partition coefficient (Wildman–Crippen LogP) is 2.75. The summed E-state index contributed by atoms with van der Waals surface area (Å²) in [6.45, 7) is 8.13. The number of anilines is 1. The van der Waals surface area contributed by atoms with E-state index in [1.807, 2.05) is 27.1 Å². The van der Waals surface area contributed by atoms with Crippen molar-refractivity contribution >= 4 is 45.9 Å². The van der Waals surface area contributed by atoms with Gasteiger partial charge in [0.1, 0.15) is 0 Å². The van der Waals surface area contributed by atoms with E-state index >= 15 is 0 Å². The van der Waals surface area contributed by atoms with Gasteiger partial charge in [-0.25, -0.2) is 4.68 Å². The first-order chi connectivity index (χ1) is 11.7. The Morgan fingerprint density at radius 2 is 2.21 bits per heavy atom. The SMILES string of the molecule is C=CCNc1nn(CN2CCN(C(=O)c3cccs3)CC2)c(=S)s1. The van der Waals surface area contributed by atoms with E-state index in [1.165, 1.54) is 22.7 Å². The minimum atomic E-state index is 0.130. The number of piperazine rings is 1. The van der Waals surface area contributed by atoms with Gasteiger partial charge in [-0.2, -0.15) is 0 Å². The van der Waals surface area contributed by atoms with E-state index in [1.54, 1.807) is 6.08 Å². The van der Waals surface area contributed by atoms with E-state index < -0.39 is 0 Å². The third-order valence-corrected chi connectivity index (χ3v) is 5.85. The van der Waals surface area contributed by atoms with Gasteiger partial charge in [0.2, 0.25) is 5.13 Å². The van der Waals surface area contributed by atoms with Gasteiger partial charge in [-0.1, -0.05) is 23.5 Å². The van der Waals surface area contributed by atoms with Crippen LogP contribution in [0.2, 0.25) is 0 Å². The fourth-order valence-electron chi connectivity index (χ4n) is 2.46. The number of carbonyl (C=O) groups excluding carboxylic acids is 1. The molecule has 0 atom stereocenters. The molecule has 9 heteroatoms. The van der Waals surface area contributed by atoms with Crippen LogP contribution in [-0.4, -0.2) is 58.2 Å². The molecule has 1 amide bonds. The van der Waals surface area contributed by atoms with Gasteiger partial charge in [0, 0.05) is 32.7 Å². The Morgan fingerprint density at radius 3 is 2.88 bits per heavy atom. The van der Waals surface area contributed by atoms with Gasteiger partial charge in [0.25, 0.3) is 5.91 Å². The third kappa shape index (κ3) is 4.10. The molecule has 2 aromatic heterocycles. The number of amides is 1. The van der Waals surface area contributed by atoms with Crippen LogP contribution in [0.4, 0.5) is 5.13 Å². The van der Waals surface area contributed by atoms with E-state index in [4.69, 9.17) is 12.2 Å². The number of hydrogen-bond acceptors (Lipinski definition) is 7. The Bertz CT molecular complexity index is 744. The lowest BCUT2D eigenvalue weighted by molar-refractivity contribution is 0.0591. The van der Waals surface area contributed by atoms with Crippen LogP contribution in [0, 0.1) is 3.95 Å². The van der Waals surface area contributed by atoms with Crippen LogP contribution in [0.5, 0.6) is 0 Å². The minimum absolute atomic E-state index is 0.130. The molecule has 0 bridgehead atoms. The first-order valence-corrected chi connectivity index (χ1v) is 9.75. The van der Waals surface area contributed by atoms with Crippen LogP contribution < -0.4 is 5.32 Å². The van der Waals surface area contributed by atoms with Crippen LogP contribution in [-0.2, 0) is 6.67 Å². The smallest absolute Gasteiger partial charge is 0.264 e. The molecule has 3 heterocycles. The molecular formula is C15H19N5OS3. The number of hydrogen-bond donors (Lipinski definition) is 1. The Labute approximate surface area is 154 Å². The average Bonchev–Trinajstić information content (AvgIpc) is 3.24. The van der Waals surface area contributed by atoms with Gasteiger partial charge in [0.05, 0.1) is 11.5 Å². The number of nitrogens with zero attached hydrogens (tertiary/aromatic N) is 4. The summed E-state index contributed by atoms with van der Waals surface area (Å²) >= 11 is 8.33. The van der Waals surface area contributed by atoms with Crippen molar-refractivity contribution < 1.29 is 4.79 Å². The van der Waals surface area contributed by atoms with Crippen molar-refractivity contribution in [3.8, 4) is 0 Å². The Balaban J connectivity index is 1.54. The standard InChI is InChI=1S/C15H19N5OS3/c1-2-5-16-14-17-20(15(22)24-14)11-18-6-8-19(9-7-18)13(21)12-4-3-10-23-12/h2-4,10H,1,5-9,11H2,(H,16,17). The number of aromatic nitrogens is 2. The fraction of sp³-hybridized carbons (Fsp3) is 0.400. The van der Waals surface area contributed by atoms with Gasteiger partial charge >= 0.3 is 0 Å². The summed E-state index contributed by atoms with van der Waals surface area (Å²) in [4.78, 5) is 17.3. The highest BCUT2D eigenvalue weighted by Gasteiger charge is 2.23. The molecule has 6 nitrogen and oxygen atoms in total. The van der Waals surface area contributed by atoms with Gasteiger partial charge < -0.3 is 10.2 Å². The summed E-state index contributed by atoms with van der Waals surface area (Å²) in [5.41, 5.74) is 0. The Hall–Kier alpha value is -1.55. The maximum atomic E-state index is 12.4. The molecule has 0 aromatic carbocycles. The fourth-order valence-corrected chi connectivity index (χ4v) is 4.15. The van der Waals surface area contributed by atoms with Crippen molar-refractivity contribution in [2.45, 2.75) is 6.67 Å². The summed E-state index contributed by atoms with van der Waals surface area (Å²) in [7, 11) is 0. The van der Waals surface area contributed by atoms with Crippen molar-refractivity contribution in [2.75, 3.05) is 38.0 Å². The van der Waals surface area contributed by atoms with Crippen molar-refractivity contribution in [1.29, 1.82) is 0 Å². The number of nitrogens with one attached hydrogen (secondary N) is 1. The molecule has 24 heavy (non-hydrogen) atoms. The lowest BCUT2D eigenvalue weighted by Gasteiger charge is -2.34. The molecule has 0 saturated carbocycles. The van der Waals surface area contributed by atoms with Crippen LogP contribution >= 0.6 is 34.9 Å². The van der Waals surface area contributed by atoms with Gasteiger partial charge in [-0.15, -0.1) is 23.0 Å². The molecule has 1 aliphatic rings. The van der Waals surface area contributed by atoms with Gasteiger partial charge in [0.15, 0.2) is 3.95 Å². The van der Waals surface area contributed by atoms with Crippen LogP contribution in [0.15, 0.2) is 30.2 Å². The van der Waals surface area contributed by atoms with Crippen LogP contribution in [0.1, 0.15) is 9.67 Å². The molecule has 1 N–H and O–H groups in total. The third-order valence-electron chi connectivity index (χ3n) is 3.73. The summed E-state index contributed by atoms with van der Waals surface area (Å²) in [5, 5.41) is 10.4. The first-order valence-electron chi connectivity index (χ1n) is 7.65. The molecular weight excluding hydrogens is 362 g/mol. The van der Waals surface area contributed by atoms with Crippen molar-refractivity contribution in [2.24, 2.45) is 0 Å². The molecule has 0 spiro atoms. The second-order valence-electron chi connectivity index (χ2n) is 5.37. The lowest BCUT2D eigenvalue weighted by atomic mass is 10.3. The molecule has 0 radical (unpaired) electrons. The minimum Gasteiger partial charge on any atom is -0.357 e. The van der Waals surface area contributed by atoms with E-state index in [-0.39, 0.29) is 5.91 Å². The van der Waals surface area contributed by atoms with Gasteiger partial charge in [-0.3, -0.25) is 9.69 Å². The Morgan fingerprint density at radius 1 is 1.42 bits per heavy atom. The Kier molecular flexibility index (Phi) is 5.77. The monoisotopic (exact) mass is 381 g/mol. The highest BCUT2D eigenvalue weighted by Crippen LogP contribution is 2.16. The average molecular weight is 382 g/mol. The lowest BCUT2D eigenvalue weighted by Crippen LogP contribution is -2.48. The zero-order chi connectivity index (χ0) is 16.9. The van der Waals surface area contributed by atoms with Crippen LogP contribution in [0.3, 0.4) is 0 Å². The van der Waals surface area contributed by atoms with E-state index in [0.29, 0.717) is 13.2 Å². The first kappa shape index (κ1) is 17.3. The molecule has 2 aromatic rings. The molecule has 128 valence electrons. The molecule has 1 fully saturated rings. The largest absolute Gasteiger partial charge is 0.357 e. The highest BCUT2D eigenvalue weighted by molar-refractivity contribution is 7.73. The molecule has 0 aliphatic carbocycles. The second kappa shape index (κ2) is 8.02. The normalized spacial score (nSPS) is 15.4. The van der Waals surface area contributed by atoms with Crippen LogP contribution in [0.25, 0.3) is 0 Å². The quantitative estimate of drug-likeness (QED) is 0.616. The van der Waals surface area contributed by atoms with Crippen molar-refractivity contribution in [3.05, 3.63) is 39.0 Å². The summed E-state index contributed by atoms with van der Waals surface area (Å²) in [6, 6.07) is 3.79. The predicted molar refractivity (Wildman–Crippen MR) is 101 cm³/mol. The van der Waals surface area contributed by atoms with E-state index in [2.05, 4.69) is 21.9 Å². The van der Waals surface area contributed by atoms with Crippen molar-refractivity contribution in [1.82, 2.24) is 19.6 Å². The van der Waals surface area contributed by atoms with Gasteiger partial charge in [-0.05, 0) is 23.7 Å². The highest BCUT2D eigenvalue weighted by atomic mass is 32.1.